The summed E-state index contributed by atoms with van der Waals surface area (Å²) < 4.78 is 5.97. The van der Waals surface area contributed by atoms with Crippen molar-refractivity contribution in [3.8, 4) is 0 Å². The number of nitrogens with one attached hydrogen (secondary N) is 1. The van der Waals surface area contributed by atoms with Gasteiger partial charge in [0.2, 0.25) is 0 Å². The number of hydrogen-bond donors (Lipinski definition) is 2. The molecule has 0 spiro atoms. The molecule has 3 nitrogen and oxygen atoms in total. The summed E-state index contributed by atoms with van der Waals surface area (Å²) >= 11 is 0. The highest BCUT2D eigenvalue weighted by atomic mass is 16.5. The van der Waals surface area contributed by atoms with E-state index in [1.807, 2.05) is 30.3 Å². The number of aliphatic hydroxyl groups excluding tert-OH is 1. The van der Waals surface area contributed by atoms with Gasteiger partial charge in [-0.2, -0.15) is 0 Å². The Morgan fingerprint density at radius 2 is 1.95 bits per heavy atom. The summed E-state index contributed by atoms with van der Waals surface area (Å²) in [6.07, 6.45) is 0.908. The highest BCUT2D eigenvalue weighted by molar-refractivity contribution is 5.17. The summed E-state index contributed by atoms with van der Waals surface area (Å²) in [5, 5.41) is 13.7. The summed E-state index contributed by atoms with van der Waals surface area (Å²) in [7, 11) is 0. The van der Waals surface area contributed by atoms with Crippen molar-refractivity contribution in [3.63, 3.8) is 0 Å². The highest BCUT2D eigenvalue weighted by Crippen LogP contribution is 2.43. The minimum absolute atomic E-state index is 0.130. The number of benzene rings is 1. The Balaban J connectivity index is 1.77. The van der Waals surface area contributed by atoms with Gasteiger partial charge in [-0.1, -0.05) is 58.0 Å². The third-order valence-electron chi connectivity index (χ3n) is 4.55. The van der Waals surface area contributed by atoms with Crippen molar-refractivity contribution in [2.75, 3.05) is 13.2 Å². The van der Waals surface area contributed by atoms with Crippen LogP contribution >= 0.6 is 0 Å². The molecular formula is C18H29NO2. The van der Waals surface area contributed by atoms with Crippen LogP contribution in [0.1, 0.15) is 45.8 Å². The maximum Gasteiger partial charge on any atom is 0.0914 e. The van der Waals surface area contributed by atoms with Crippen LogP contribution in [-0.4, -0.2) is 30.4 Å². The fraction of sp³-hybridized carbons (Fsp3) is 0.667. The van der Waals surface area contributed by atoms with Crippen LogP contribution in [0.3, 0.4) is 0 Å². The molecule has 0 heterocycles. The zero-order chi connectivity index (χ0) is 15.5. The van der Waals surface area contributed by atoms with E-state index in [4.69, 9.17) is 4.74 Å². The second-order valence-corrected chi connectivity index (χ2v) is 7.16. The molecular weight excluding hydrogens is 262 g/mol. The van der Waals surface area contributed by atoms with Gasteiger partial charge in [0, 0.05) is 24.6 Å². The predicted octanol–water partition coefficient (Wildman–Crippen LogP) is 3.15. The largest absolute Gasteiger partial charge is 0.387 e. The average Bonchev–Trinajstić information content (AvgIpc) is 2.46. The molecule has 1 fully saturated rings. The first-order chi connectivity index (χ1) is 9.91. The molecule has 0 aliphatic heterocycles. The van der Waals surface area contributed by atoms with Crippen LogP contribution in [0.25, 0.3) is 0 Å². The van der Waals surface area contributed by atoms with Crippen LogP contribution in [0.2, 0.25) is 0 Å². The molecule has 1 aliphatic rings. The molecule has 0 radical (unpaired) electrons. The Hall–Kier alpha value is -0.900. The van der Waals surface area contributed by atoms with E-state index in [2.05, 4.69) is 33.0 Å². The maximum atomic E-state index is 10.2. The van der Waals surface area contributed by atoms with Crippen molar-refractivity contribution < 1.29 is 9.84 Å². The van der Waals surface area contributed by atoms with E-state index in [1.165, 1.54) is 0 Å². The lowest BCUT2D eigenvalue weighted by Crippen LogP contribution is -2.61. The van der Waals surface area contributed by atoms with E-state index in [1.54, 1.807) is 0 Å². The first-order valence-electron chi connectivity index (χ1n) is 7.99. The molecule has 3 atom stereocenters. The van der Waals surface area contributed by atoms with Crippen molar-refractivity contribution in [2.24, 2.45) is 11.3 Å². The lowest BCUT2D eigenvalue weighted by atomic mass is 9.64. The van der Waals surface area contributed by atoms with Gasteiger partial charge >= 0.3 is 0 Å². The smallest absolute Gasteiger partial charge is 0.0914 e. The van der Waals surface area contributed by atoms with E-state index in [0.717, 1.165) is 18.6 Å². The quantitative estimate of drug-likeness (QED) is 0.811. The molecule has 0 bridgehead atoms. The predicted molar refractivity (Wildman–Crippen MR) is 86.2 cm³/mol. The third kappa shape index (κ3) is 4.06. The first-order valence-corrected chi connectivity index (χ1v) is 7.99. The normalized spacial score (nSPS) is 25.6. The van der Waals surface area contributed by atoms with Gasteiger partial charge in [-0.05, 0) is 17.9 Å². The van der Waals surface area contributed by atoms with Gasteiger partial charge in [0.15, 0.2) is 0 Å². The van der Waals surface area contributed by atoms with E-state index in [-0.39, 0.29) is 5.41 Å². The Bertz CT molecular complexity index is 430. The average molecular weight is 291 g/mol. The van der Waals surface area contributed by atoms with E-state index < -0.39 is 6.10 Å². The van der Waals surface area contributed by atoms with Crippen molar-refractivity contribution in [3.05, 3.63) is 35.9 Å². The van der Waals surface area contributed by atoms with Crippen molar-refractivity contribution >= 4 is 0 Å². The fourth-order valence-corrected chi connectivity index (χ4v) is 2.87. The fourth-order valence-electron chi connectivity index (χ4n) is 2.87. The minimum atomic E-state index is -0.447. The zero-order valence-electron chi connectivity index (χ0n) is 13.7. The standard InChI is InChI=1S/C18H29NO2/c1-13(2)12-21-17-10-16(18(17,3)4)19-11-15(20)14-8-6-5-7-9-14/h5-9,13,15-17,19-20H,10-12H2,1-4H3. The first kappa shape index (κ1) is 16.5. The zero-order valence-corrected chi connectivity index (χ0v) is 13.7. The van der Waals surface area contributed by atoms with Gasteiger partial charge in [-0.3, -0.25) is 0 Å². The minimum Gasteiger partial charge on any atom is -0.387 e. The molecule has 2 rings (SSSR count). The lowest BCUT2D eigenvalue weighted by Gasteiger charge is -2.52. The van der Waals surface area contributed by atoms with E-state index in [9.17, 15) is 5.11 Å². The molecule has 2 N–H and O–H groups in total. The molecule has 0 amide bonds. The summed E-state index contributed by atoms with van der Waals surface area (Å²) in [6, 6.07) is 10.2. The molecule has 1 saturated carbocycles. The number of ether oxygens (including phenoxy) is 1. The van der Waals surface area contributed by atoms with Gasteiger partial charge < -0.3 is 15.2 Å². The van der Waals surface area contributed by atoms with Gasteiger partial charge in [-0.25, -0.2) is 0 Å². The van der Waals surface area contributed by atoms with E-state index >= 15 is 0 Å². The molecule has 0 saturated heterocycles. The second kappa shape index (κ2) is 6.91. The third-order valence-corrected chi connectivity index (χ3v) is 4.55. The van der Waals surface area contributed by atoms with Gasteiger partial charge in [-0.15, -0.1) is 0 Å². The molecule has 0 aromatic heterocycles. The van der Waals surface area contributed by atoms with Crippen LogP contribution in [-0.2, 0) is 4.74 Å². The molecule has 1 aromatic rings. The van der Waals surface area contributed by atoms with Crippen molar-refractivity contribution in [1.29, 1.82) is 0 Å². The number of rotatable bonds is 7. The molecule has 21 heavy (non-hydrogen) atoms. The van der Waals surface area contributed by atoms with E-state index in [0.29, 0.717) is 24.6 Å². The van der Waals surface area contributed by atoms with Crippen LogP contribution in [0.4, 0.5) is 0 Å². The maximum absolute atomic E-state index is 10.2. The monoisotopic (exact) mass is 291 g/mol. The van der Waals surface area contributed by atoms with Crippen molar-refractivity contribution in [2.45, 2.75) is 52.4 Å². The van der Waals surface area contributed by atoms with Gasteiger partial charge in [0.05, 0.1) is 12.2 Å². The topological polar surface area (TPSA) is 41.5 Å². The summed E-state index contributed by atoms with van der Waals surface area (Å²) in [5.41, 5.74) is 1.10. The SMILES string of the molecule is CC(C)COC1CC(NCC(O)c2ccccc2)C1(C)C. The molecule has 3 unspecified atom stereocenters. The van der Waals surface area contributed by atoms with Crippen LogP contribution < -0.4 is 5.32 Å². The Labute approximate surface area is 128 Å². The molecule has 1 aromatic carbocycles. The van der Waals surface area contributed by atoms with Crippen LogP contribution in [0, 0.1) is 11.3 Å². The second-order valence-electron chi connectivity index (χ2n) is 7.16. The van der Waals surface area contributed by atoms with Gasteiger partial charge in [0.25, 0.3) is 0 Å². The molecule has 1 aliphatic carbocycles. The summed E-state index contributed by atoms with van der Waals surface area (Å²) in [6.45, 7) is 10.3. The summed E-state index contributed by atoms with van der Waals surface area (Å²) in [5.74, 6) is 0.577. The van der Waals surface area contributed by atoms with Gasteiger partial charge in [0.1, 0.15) is 0 Å². The number of hydrogen-bond acceptors (Lipinski definition) is 3. The number of aliphatic hydroxyl groups is 1. The molecule has 118 valence electrons. The summed E-state index contributed by atoms with van der Waals surface area (Å²) in [4.78, 5) is 0. The van der Waals surface area contributed by atoms with Crippen LogP contribution in [0.15, 0.2) is 30.3 Å². The lowest BCUT2D eigenvalue weighted by molar-refractivity contribution is -0.125. The Morgan fingerprint density at radius 3 is 2.52 bits per heavy atom. The van der Waals surface area contributed by atoms with Crippen molar-refractivity contribution in [1.82, 2.24) is 5.32 Å². The van der Waals surface area contributed by atoms with Crippen LogP contribution in [0.5, 0.6) is 0 Å². The molecule has 3 heteroatoms. The highest BCUT2D eigenvalue weighted by Gasteiger charge is 2.48. The Kier molecular flexibility index (Phi) is 5.42. The Morgan fingerprint density at radius 1 is 1.29 bits per heavy atom.